The van der Waals surface area contributed by atoms with Gasteiger partial charge in [-0.1, -0.05) is 18.2 Å². The summed E-state index contributed by atoms with van der Waals surface area (Å²) in [5.41, 5.74) is 3.23. The summed E-state index contributed by atoms with van der Waals surface area (Å²) in [6.07, 6.45) is 3.44. The number of hydrogen-bond acceptors (Lipinski definition) is 3. The van der Waals surface area contributed by atoms with Crippen molar-refractivity contribution < 1.29 is 18.3 Å². The molecular weight excluding hydrogens is 374 g/mol. The molecule has 0 saturated carbocycles. The number of nitrogens with zero attached hydrogens (tertiary/aromatic N) is 1. The molecule has 2 atom stereocenters. The maximum atomic E-state index is 14.1. The average Bonchev–Trinajstić information content (AvgIpc) is 3.11. The van der Waals surface area contributed by atoms with Crippen LogP contribution in [0.1, 0.15) is 36.4 Å². The smallest absolute Gasteiger partial charge is 0.407 e. The van der Waals surface area contributed by atoms with Gasteiger partial charge in [-0.05, 0) is 73.5 Å². The Kier molecular flexibility index (Phi) is 4.74. The van der Waals surface area contributed by atoms with Gasteiger partial charge in [0.1, 0.15) is 17.7 Å². The molecule has 0 aromatic heterocycles. The van der Waals surface area contributed by atoms with E-state index in [1.807, 2.05) is 18.2 Å². The van der Waals surface area contributed by atoms with Crippen LogP contribution >= 0.6 is 0 Å². The Bertz CT molecular complexity index is 940. The molecule has 1 amide bonds. The monoisotopic (exact) mass is 398 g/mol. The second-order valence-corrected chi connectivity index (χ2v) is 8.36. The molecule has 2 bridgehead atoms. The molecule has 6 rings (SSSR count). The van der Waals surface area contributed by atoms with Crippen molar-refractivity contribution in [3.8, 4) is 11.1 Å². The van der Waals surface area contributed by atoms with Crippen LogP contribution < -0.4 is 5.32 Å². The molecule has 3 saturated heterocycles. The molecule has 152 valence electrons. The highest BCUT2D eigenvalue weighted by atomic mass is 19.1. The van der Waals surface area contributed by atoms with Crippen LogP contribution in [0.4, 0.5) is 13.6 Å². The summed E-state index contributed by atoms with van der Waals surface area (Å²) < 4.78 is 33.0. The number of alkyl carbamates (subject to hydrolysis) is 1. The molecule has 1 N–H and O–H groups in total. The van der Waals surface area contributed by atoms with E-state index in [9.17, 15) is 13.6 Å². The van der Waals surface area contributed by atoms with E-state index in [1.54, 1.807) is 0 Å². The van der Waals surface area contributed by atoms with E-state index >= 15 is 0 Å². The summed E-state index contributed by atoms with van der Waals surface area (Å²) in [5, 5.41) is 3.02. The lowest BCUT2D eigenvalue weighted by Crippen LogP contribution is -2.52. The van der Waals surface area contributed by atoms with Gasteiger partial charge in [-0.25, -0.2) is 13.6 Å². The van der Waals surface area contributed by atoms with Crippen molar-refractivity contribution in [3.05, 3.63) is 59.2 Å². The van der Waals surface area contributed by atoms with Crippen LogP contribution in [0.25, 0.3) is 11.1 Å². The van der Waals surface area contributed by atoms with Gasteiger partial charge in [0, 0.05) is 18.2 Å². The standard InChI is InChI=1S/C23H24F2N2O2/c24-17-3-5-18(20(25)12-17)15-1-4-19-16(11-15)2-6-21(19)26-23(28)29-22-13-27-9-7-14(22)8-10-27/h1,3-5,11-12,14,21-22H,2,6-10,13H2,(H,26,28)/t21?,22-/m1/s1. The first-order valence-electron chi connectivity index (χ1n) is 10.3. The quantitative estimate of drug-likeness (QED) is 0.831. The van der Waals surface area contributed by atoms with Crippen LogP contribution in [0.3, 0.4) is 0 Å². The molecule has 1 aliphatic carbocycles. The Labute approximate surface area is 168 Å². The molecule has 1 unspecified atom stereocenters. The fraction of sp³-hybridized carbons (Fsp3) is 0.435. The third kappa shape index (κ3) is 3.62. The highest BCUT2D eigenvalue weighted by molar-refractivity contribution is 5.70. The number of benzene rings is 2. The molecule has 3 heterocycles. The molecule has 2 aromatic carbocycles. The first kappa shape index (κ1) is 18.6. The van der Waals surface area contributed by atoms with Gasteiger partial charge in [-0.15, -0.1) is 0 Å². The highest BCUT2D eigenvalue weighted by Gasteiger charge is 2.37. The van der Waals surface area contributed by atoms with Crippen LogP contribution in [0.5, 0.6) is 0 Å². The van der Waals surface area contributed by atoms with Gasteiger partial charge in [0.05, 0.1) is 6.04 Å². The van der Waals surface area contributed by atoms with Gasteiger partial charge >= 0.3 is 6.09 Å². The zero-order valence-corrected chi connectivity index (χ0v) is 16.2. The van der Waals surface area contributed by atoms with Crippen LogP contribution in [0, 0.1) is 17.6 Å². The second kappa shape index (κ2) is 7.41. The minimum atomic E-state index is -0.585. The fourth-order valence-electron chi connectivity index (χ4n) is 5.02. The molecule has 29 heavy (non-hydrogen) atoms. The third-order valence-electron chi connectivity index (χ3n) is 6.61. The minimum Gasteiger partial charge on any atom is -0.445 e. The van der Waals surface area contributed by atoms with Gasteiger partial charge in [0.15, 0.2) is 0 Å². The number of rotatable bonds is 3. The van der Waals surface area contributed by atoms with Crippen molar-refractivity contribution in [2.75, 3.05) is 19.6 Å². The van der Waals surface area contributed by atoms with E-state index < -0.39 is 11.6 Å². The molecule has 3 fully saturated rings. The number of ether oxygens (including phenoxy) is 1. The van der Waals surface area contributed by atoms with Crippen LogP contribution in [-0.4, -0.2) is 36.7 Å². The summed E-state index contributed by atoms with van der Waals surface area (Å²) in [6, 6.07) is 9.23. The molecule has 2 aromatic rings. The Morgan fingerprint density at radius 2 is 1.90 bits per heavy atom. The number of carbonyl (C=O) groups is 1. The van der Waals surface area contributed by atoms with Crippen molar-refractivity contribution >= 4 is 6.09 Å². The summed E-state index contributed by atoms with van der Waals surface area (Å²) >= 11 is 0. The number of aryl methyl sites for hydroxylation is 1. The summed E-state index contributed by atoms with van der Waals surface area (Å²) in [5.74, 6) is -0.674. The Hall–Kier alpha value is -2.47. The number of amides is 1. The molecule has 0 spiro atoms. The predicted octanol–water partition coefficient (Wildman–Crippen LogP) is 4.44. The minimum absolute atomic E-state index is 0.0119. The predicted molar refractivity (Wildman–Crippen MR) is 105 cm³/mol. The van der Waals surface area contributed by atoms with Crippen molar-refractivity contribution in [1.29, 1.82) is 0 Å². The van der Waals surface area contributed by atoms with E-state index in [4.69, 9.17) is 4.74 Å². The molecule has 6 heteroatoms. The van der Waals surface area contributed by atoms with E-state index in [2.05, 4.69) is 10.2 Å². The van der Waals surface area contributed by atoms with Gasteiger partial charge in [0.25, 0.3) is 0 Å². The number of carbonyl (C=O) groups excluding carboxylic acids is 1. The van der Waals surface area contributed by atoms with E-state index in [0.29, 0.717) is 11.5 Å². The first-order valence-corrected chi connectivity index (χ1v) is 10.3. The van der Waals surface area contributed by atoms with Crippen LogP contribution in [0.2, 0.25) is 0 Å². The fourth-order valence-corrected chi connectivity index (χ4v) is 5.02. The van der Waals surface area contributed by atoms with E-state index in [0.717, 1.165) is 68.1 Å². The van der Waals surface area contributed by atoms with Crippen molar-refractivity contribution in [1.82, 2.24) is 10.2 Å². The molecular formula is C23H24F2N2O2. The largest absolute Gasteiger partial charge is 0.445 e. The lowest BCUT2D eigenvalue weighted by molar-refractivity contribution is -0.0339. The van der Waals surface area contributed by atoms with Crippen LogP contribution in [-0.2, 0) is 11.2 Å². The zero-order chi connectivity index (χ0) is 20.0. The normalized spacial score (nSPS) is 27.5. The van der Waals surface area contributed by atoms with Crippen LogP contribution in [0.15, 0.2) is 36.4 Å². The SMILES string of the molecule is O=C(NC1CCc2cc(-c3ccc(F)cc3F)ccc21)O[C@@H]1CN2CCC1CC2. The van der Waals surface area contributed by atoms with Crippen molar-refractivity contribution in [2.24, 2.45) is 5.92 Å². The Morgan fingerprint density at radius 3 is 2.62 bits per heavy atom. The lowest BCUT2D eigenvalue weighted by atomic mass is 9.86. The van der Waals surface area contributed by atoms with Gasteiger partial charge < -0.3 is 10.1 Å². The maximum Gasteiger partial charge on any atom is 0.407 e. The van der Waals surface area contributed by atoms with Gasteiger partial charge in [-0.2, -0.15) is 0 Å². The van der Waals surface area contributed by atoms with Gasteiger partial charge in [0.2, 0.25) is 0 Å². The van der Waals surface area contributed by atoms with Crippen molar-refractivity contribution in [3.63, 3.8) is 0 Å². The maximum absolute atomic E-state index is 14.1. The topological polar surface area (TPSA) is 41.6 Å². The second-order valence-electron chi connectivity index (χ2n) is 8.36. The van der Waals surface area contributed by atoms with E-state index in [1.165, 1.54) is 12.1 Å². The highest BCUT2D eigenvalue weighted by Crippen LogP contribution is 2.35. The summed E-state index contributed by atoms with van der Waals surface area (Å²) in [4.78, 5) is 14.8. The van der Waals surface area contributed by atoms with Gasteiger partial charge in [-0.3, -0.25) is 4.90 Å². The number of nitrogens with one attached hydrogen (secondary N) is 1. The summed E-state index contributed by atoms with van der Waals surface area (Å²) in [7, 11) is 0. The number of piperidine rings is 3. The molecule has 4 aliphatic rings. The molecule has 3 aliphatic heterocycles. The Balaban J connectivity index is 1.27. The number of hydrogen-bond donors (Lipinski definition) is 1. The number of halogens is 2. The Morgan fingerprint density at radius 1 is 1.07 bits per heavy atom. The lowest BCUT2D eigenvalue weighted by Gasteiger charge is -2.43. The molecule has 4 nitrogen and oxygen atoms in total. The first-order chi connectivity index (χ1) is 14.1. The third-order valence-corrected chi connectivity index (χ3v) is 6.61. The summed E-state index contributed by atoms with van der Waals surface area (Å²) in [6.45, 7) is 3.06. The zero-order valence-electron chi connectivity index (χ0n) is 16.2. The van der Waals surface area contributed by atoms with Crippen molar-refractivity contribution in [2.45, 2.75) is 37.8 Å². The average molecular weight is 398 g/mol. The number of fused-ring (bicyclic) bond motifs is 4. The van der Waals surface area contributed by atoms with E-state index in [-0.39, 0.29) is 18.2 Å². The molecule has 0 radical (unpaired) electrons.